The molecule has 11 nitrogen and oxygen atoms in total. The van der Waals surface area contributed by atoms with Gasteiger partial charge in [-0.1, -0.05) is 0 Å². The van der Waals surface area contributed by atoms with Gasteiger partial charge in [0.15, 0.2) is 0 Å². The molecular weight excluding hydrogens is 282 g/mol. The van der Waals surface area contributed by atoms with E-state index in [1.165, 1.54) is 30.5 Å². The maximum Gasteiger partial charge on any atom is 0.340 e. The number of carbonyl (C=O) groups excluding carboxylic acids is 1. The smallest absolute Gasteiger partial charge is 0.340 e. The van der Waals surface area contributed by atoms with Crippen molar-refractivity contribution in [2.75, 3.05) is 11.1 Å². The second-order valence-corrected chi connectivity index (χ2v) is 3.67. The second kappa shape index (κ2) is 6.10. The highest BCUT2D eigenvalue weighted by atomic mass is 16.6. The van der Waals surface area contributed by atoms with E-state index in [4.69, 9.17) is 5.73 Å². The molecular formula is C10H9N7O4. The van der Waals surface area contributed by atoms with Crippen molar-refractivity contribution in [1.29, 1.82) is 0 Å². The summed E-state index contributed by atoms with van der Waals surface area (Å²) in [5.41, 5.74) is 8.04. The average Bonchev–Trinajstić information content (AvgIpc) is 2.85. The van der Waals surface area contributed by atoms with Gasteiger partial charge in [-0.25, -0.2) is 14.8 Å². The molecule has 0 atom stereocenters. The number of amides is 2. The number of hydrogen-bond donors (Lipinski definition) is 3. The van der Waals surface area contributed by atoms with Gasteiger partial charge in [-0.15, -0.1) is 0 Å². The summed E-state index contributed by atoms with van der Waals surface area (Å²) in [4.78, 5) is 21.4. The summed E-state index contributed by atoms with van der Waals surface area (Å²) in [6, 6.07) is 4.92. The number of carbonyl (C=O) groups is 1. The van der Waals surface area contributed by atoms with E-state index in [0.717, 1.165) is 0 Å². The minimum absolute atomic E-state index is 0.0296. The van der Waals surface area contributed by atoms with Gasteiger partial charge < -0.3 is 5.73 Å². The fourth-order valence-electron chi connectivity index (χ4n) is 1.27. The van der Waals surface area contributed by atoms with Crippen molar-refractivity contribution in [3.05, 3.63) is 39.9 Å². The van der Waals surface area contributed by atoms with E-state index in [9.17, 15) is 14.9 Å². The monoisotopic (exact) mass is 291 g/mol. The van der Waals surface area contributed by atoms with E-state index in [2.05, 4.69) is 30.8 Å². The molecule has 2 amide bonds. The number of non-ortho nitro benzene ring substituents is 1. The first-order valence-corrected chi connectivity index (χ1v) is 5.49. The molecule has 2 aromatic rings. The maximum absolute atomic E-state index is 11.4. The summed E-state index contributed by atoms with van der Waals surface area (Å²) in [6.07, 6.45) is 1.31. The van der Waals surface area contributed by atoms with Gasteiger partial charge in [-0.05, 0) is 28.0 Å². The molecule has 1 heterocycles. The number of nitro benzene ring substituents is 1. The molecule has 0 saturated carbocycles. The van der Waals surface area contributed by atoms with Crippen molar-refractivity contribution in [2.24, 2.45) is 5.10 Å². The topological polar surface area (TPSA) is 162 Å². The fraction of sp³-hybridized carbons (Fsp3) is 0. The number of nitrogens with zero attached hydrogens (tertiary/aromatic N) is 4. The molecule has 0 unspecified atom stereocenters. The lowest BCUT2D eigenvalue weighted by molar-refractivity contribution is -0.384. The number of benzene rings is 1. The Kier molecular flexibility index (Phi) is 4.04. The van der Waals surface area contributed by atoms with Gasteiger partial charge in [0.2, 0.25) is 11.6 Å². The molecule has 0 aliphatic heterocycles. The molecule has 0 aliphatic rings. The standard InChI is InChI=1S/C10H9N7O4/c11-8-9(16-21-15-8)13-10(18)14-12-5-6-1-3-7(4-2-6)17(19)20/h1-5H,(H2,11,15)(H2,13,14,16,18). The second-order valence-electron chi connectivity index (χ2n) is 3.67. The summed E-state index contributed by atoms with van der Waals surface area (Å²) in [5, 5.41) is 23.0. The van der Waals surface area contributed by atoms with E-state index in [0.29, 0.717) is 5.56 Å². The summed E-state index contributed by atoms with van der Waals surface area (Å²) in [6.45, 7) is 0. The number of rotatable bonds is 4. The predicted molar refractivity (Wildman–Crippen MR) is 71.6 cm³/mol. The minimum atomic E-state index is -0.699. The van der Waals surface area contributed by atoms with Crippen LogP contribution < -0.4 is 16.5 Å². The first-order valence-electron chi connectivity index (χ1n) is 5.49. The lowest BCUT2D eigenvalue weighted by Gasteiger charge is -1.99. The fourth-order valence-corrected chi connectivity index (χ4v) is 1.27. The highest BCUT2D eigenvalue weighted by Crippen LogP contribution is 2.11. The summed E-state index contributed by atoms with van der Waals surface area (Å²) in [5.74, 6) is -0.0949. The van der Waals surface area contributed by atoms with Gasteiger partial charge in [0, 0.05) is 12.1 Å². The van der Waals surface area contributed by atoms with E-state index >= 15 is 0 Å². The number of nitrogen functional groups attached to an aromatic ring is 1. The third-order valence-corrected chi connectivity index (χ3v) is 2.23. The van der Waals surface area contributed by atoms with E-state index in [1.807, 2.05) is 0 Å². The highest BCUT2D eigenvalue weighted by Gasteiger charge is 2.09. The van der Waals surface area contributed by atoms with Crippen molar-refractivity contribution in [2.45, 2.75) is 0 Å². The first-order chi connectivity index (χ1) is 10.1. The molecule has 21 heavy (non-hydrogen) atoms. The first kappa shape index (κ1) is 13.9. The Hall–Kier alpha value is -3.50. The largest absolute Gasteiger partial charge is 0.378 e. The van der Waals surface area contributed by atoms with Crippen LogP contribution in [0.2, 0.25) is 0 Å². The van der Waals surface area contributed by atoms with Gasteiger partial charge in [-0.2, -0.15) is 5.10 Å². The lowest BCUT2D eigenvalue weighted by Crippen LogP contribution is -2.24. The van der Waals surface area contributed by atoms with E-state index in [1.54, 1.807) is 0 Å². The van der Waals surface area contributed by atoms with Gasteiger partial charge in [0.05, 0.1) is 11.1 Å². The number of nitrogens with two attached hydrogens (primary N) is 1. The molecule has 0 fully saturated rings. The number of anilines is 2. The molecule has 2 rings (SSSR count). The van der Waals surface area contributed by atoms with Crippen molar-refractivity contribution in [3.63, 3.8) is 0 Å². The molecule has 4 N–H and O–H groups in total. The molecule has 0 radical (unpaired) electrons. The van der Waals surface area contributed by atoms with Crippen molar-refractivity contribution >= 4 is 29.6 Å². The highest BCUT2D eigenvalue weighted by molar-refractivity contribution is 5.91. The summed E-state index contributed by atoms with van der Waals surface area (Å²) in [7, 11) is 0. The van der Waals surface area contributed by atoms with Crippen molar-refractivity contribution in [1.82, 2.24) is 15.7 Å². The maximum atomic E-state index is 11.4. The molecule has 1 aromatic heterocycles. The molecule has 0 aliphatic carbocycles. The average molecular weight is 291 g/mol. The number of aromatic nitrogens is 2. The van der Waals surface area contributed by atoms with Crippen LogP contribution in [0.3, 0.4) is 0 Å². The molecule has 1 aromatic carbocycles. The third-order valence-electron chi connectivity index (χ3n) is 2.23. The Morgan fingerprint density at radius 3 is 2.67 bits per heavy atom. The number of hydrazone groups is 1. The molecule has 0 saturated heterocycles. The Morgan fingerprint density at radius 1 is 1.38 bits per heavy atom. The normalized spacial score (nSPS) is 10.5. The van der Waals surface area contributed by atoms with Crippen molar-refractivity contribution in [3.8, 4) is 0 Å². The molecule has 11 heteroatoms. The predicted octanol–water partition coefficient (Wildman–Crippen LogP) is 0.716. The van der Waals surface area contributed by atoms with Crippen LogP contribution >= 0.6 is 0 Å². The van der Waals surface area contributed by atoms with Crippen LogP contribution in [0.25, 0.3) is 0 Å². The zero-order chi connectivity index (χ0) is 15.2. The van der Waals surface area contributed by atoms with Gasteiger partial charge in [0.25, 0.3) is 5.69 Å². The minimum Gasteiger partial charge on any atom is -0.378 e. The zero-order valence-corrected chi connectivity index (χ0v) is 10.4. The number of urea groups is 1. The Morgan fingerprint density at radius 2 is 2.10 bits per heavy atom. The molecule has 0 bridgehead atoms. The third kappa shape index (κ3) is 3.73. The molecule has 108 valence electrons. The number of hydrogen-bond acceptors (Lipinski definition) is 8. The summed E-state index contributed by atoms with van der Waals surface area (Å²) >= 11 is 0. The molecule has 0 spiro atoms. The van der Waals surface area contributed by atoms with Crippen LogP contribution in [0.4, 0.5) is 22.1 Å². The van der Waals surface area contributed by atoms with Crippen LogP contribution in [0.15, 0.2) is 34.0 Å². The van der Waals surface area contributed by atoms with Crippen LogP contribution in [0.1, 0.15) is 5.56 Å². The SMILES string of the molecule is Nc1nonc1NC(=O)NN=Cc1ccc([N+](=O)[O-])cc1. The van der Waals surface area contributed by atoms with Gasteiger partial charge >= 0.3 is 6.03 Å². The zero-order valence-electron chi connectivity index (χ0n) is 10.4. The Bertz CT molecular complexity index is 679. The van der Waals surface area contributed by atoms with Gasteiger partial charge in [0.1, 0.15) is 0 Å². The van der Waals surface area contributed by atoms with E-state index in [-0.39, 0.29) is 17.3 Å². The van der Waals surface area contributed by atoms with Crippen molar-refractivity contribution < 1.29 is 14.3 Å². The van der Waals surface area contributed by atoms with Crippen LogP contribution in [0.5, 0.6) is 0 Å². The van der Waals surface area contributed by atoms with Crippen LogP contribution in [-0.4, -0.2) is 27.5 Å². The number of nitro groups is 1. The lowest BCUT2D eigenvalue weighted by atomic mass is 10.2. The van der Waals surface area contributed by atoms with Gasteiger partial charge in [-0.3, -0.25) is 15.4 Å². The van der Waals surface area contributed by atoms with Crippen LogP contribution in [0, 0.1) is 10.1 Å². The summed E-state index contributed by atoms with van der Waals surface area (Å²) < 4.78 is 4.29. The van der Waals surface area contributed by atoms with Crippen LogP contribution in [-0.2, 0) is 0 Å². The number of nitrogens with one attached hydrogen (secondary N) is 2. The Labute approximate surface area is 116 Å². The van der Waals surface area contributed by atoms with E-state index < -0.39 is 11.0 Å². The quantitative estimate of drug-likeness (QED) is 0.424. The Balaban J connectivity index is 1.88.